The van der Waals surface area contributed by atoms with Crippen LogP contribution in [0, 0.1) is 22.7 Å². The largest absolute Gasteiger partial charge is 0.374 e. The number of hydrogen-bond acceptors (Lipinski definition) is 20. The number of piperidine rings is 1. The van der Waals surface area contributed by atoms with Crippen molar-refractivity contribution in [2.45, 2.75) is 319 Å². The van der Waals surface area contributed by atoms with Crippen molar-refractivity contribution in [3.05, 3.63) is 12.3 Å². The monoisotopic (exact) mass is 1500 g/mol. The molecule has 8 atom stereocenters. The van der Waals surface area contributed by atoms with Crippen LogP contribution in [0.5, 0.6) is 0 Å². The number of amides is 8. The summed E-state index contributed by atoms with van der Waals surface area (Å²) in [4.78, 5) is 123. The van der Waals surface area contributed by atoms with E-state index in [-0.39, 0.29) is 60.1 Å². The van der Waals surface area contributed by atoms with Crippen LogP contribution < -0.4 is 53.2 Å². The number of carbonyl (C=O) groups excluding carboxylic acids is 10. The topological polar surface area (TPSA) is 310 Å². The Bertz CT molecular complexity index is 2740. The molecule has 106 heavy (non-hydrogen) atoms. The van der Waals surface area contributed by atoms with Gasteiger partial charge in [-0.05, 0) is 133 Å². The van der Waals surface area contributed by atoms with E-state index in [9.17, 15) is 47.9 Å². The van der Waals surface area contributed by atoms with Gasteiger partial charge >= 0.3 is 0 Å². The van der Waals surface area contributed by atoms with Crippen LogP contribution in [0.2, 0.25) is 0 Å². The lowest BCUT2D eigenvalue weighted by Crippen LogP contribution is -2.61. The lowest BCUT2D eigenvalue weighted by Gasteiger charge is -2.47. The number of nitrogens with one attached hydrogen (secondary N) is 10. The van der Waals surface area contributed by atoms with Crippen molar-refractivity contribution in [1.29, 1.82) is 0 Å². The molecule has 2 aliphatic carbocycles. The summed E-state index contributed by atoms with van der Waals surface area (Å²) in [5, 5.41) is 30.0. The van der Waals surface area contributed by atoms with Crippen LogP contribution in [0.25, 0.3) is 0 Å². The molecule has 0 aromatic rings. The first kappa shape index (κ1) is 96.8. The Morgan fingerprint density at radius 2 is 0.972 bits per heavy atom. The maximum absolute atomic E-state index is 11.6. The van der Waals surface area contributed by atoms with Crippen molar-refractivity contribution in [3.8, 4) is 0 Å². The lowest BCUT2D eigenvalue weighted by molar-refractivity contribution is -0.138. The van der Waals surface area contributed by atoms with E-state index in [2.05, 4.69) is 230 Å². The fraction of sp³-hybridized carbons (Fsp3) is 0.850. The van der Waals surface area contributed by atoms with Gasteiger partial charge in [0.2, 0.25) is 47.3 Å². The highest BCUT2D eigenvalue weighted by Crippen LogP contribution is 2.39. The van der Waals surface area contributed by atoms with Crippen molar-refractivity contribution in [2.75, 3.05) is 100 Å². The molecular formula is C80H152N16O10. The maximum atomic E-state index is 11.6. The van der Waals surface area contributed by atoms with Gasteiger partial charge in [0.1, 0.15) is 11.6 Å². The van der Waals surface area contributed by atoms with Crippen LogP contribution in [0.4, 0.5) is 0 Å². The minimum absolute atomic E-state index is 0. The Kier molecular flexibility index (Phi) is 43.5. The van der Waals surface area contributed by atoms with Crippen molar-refractivity contribution in [1.82, 2.24) is 82.6 Å². The first-order valence-electron chi connectivity index (χ1n) is 39.8. The van der Waals surface area contributed by atoms with Gasteiger partial charge in [-0.25, -0.2) is 0 Å². The van der Waals surface area contributed by atoms with Crippen molar-refractivity contribution in [2.24, 2.45) is 22.7 Å². The molecule has 11 rings (SSSR count). The molecule has 9 aliphatic heterocycles. The Morgan fingerprint density at radius 1 is 0.491 bits per heavy atom. The molecule has 10 N–H and O–H groups in total. The quantitative estimate of drug-likeness (QED) is 0.0692. The molecule has 612 valence electrons. The third kappa shape index (κ3) is 35.6. The molecule has 0 bridgehead atoms. The predicted molar refractivity (Wildman–Crippen MR) is 426 cm³/mol. The van der Waals surface area contributed by atoms with Gasteiger partial charge in [0.05, 0.1) is 10.8 Å². The molecule has 0 radical (unpaired) electrons. The van der Waals surface area contributed by atoms with Crippen molar-refractivity contribution < 1.29 is 47.9 Å². The summed E-state index contributed by atoms with van der Waals surface area (Å²) >= 11 is 0. The summed E-state index contributed by atoms with van der Waals surface area (Å²) < 4.78 is 0. The number of rotatable bonds is 19. The molecule has 26 nitrogen and oxygen atoms in total. The third-order valence-electron chi connectivity index (χ3n) is 21.5. The van der Waals surface area contributed by atoms with Gasteiger partial charge in [0.15, 0.2) is 0 Å². The number of hydrogen-bond donors (Lipinski definition) is 10. The Morgan fingerprint density at radius 3 is 1.36 bits per heavy atom. The summed E-state index contributed by atoms with van der Waals surface area (Å²) in [6, 6.07) is 6.90. The van der Waals surface area contributed by atoms with Gasteiger partial charge in [0, 0.05) is 227 Å². The molecule has 8 unspecified atom stereocenters. The second kappa shape index (κ2) is 47.7. The van der Waals surface area contributed by atoms with Crippen molar-refractivity contribution in [3.63, 3.8) is 0 Å². The molecule has 0 aromatic heterocycles. The summed E-state index contributed by atoms with van der Waals surface area (Å²) in [5.74, 6) is 2.57. The number of nitrogens with zero attached hydrogens (tertiary/aromatic N) is 6. The first-order valence-corrected chi connectivity index (χ1v) is 39.8. The summed E-state index contributed by atoms with van der Waals surface area (Å²) in [5.41, 5.74) is 0.508. The zero-order valence-corrected chi connectivity index (χ0v) is 69.3. The number of imide groups is 2. The van der Waals surface area contributed by atoms with Gasteiger partial charge in [-0.15, -0.1) is 0 Å². The molecule has 8 amide bonds. The Labute approximate surface area is 641 Å². The SMILES string of the molecule is C.C=C1CCC(CNC(C)C)N1C.CC(C)N(C)C1CNC(=O)C1.CC(C)N(C)CC1CCC(=O)C1.CC(C)N1CC2(CC(=O)NC2=O)C1.CC(C)N1CCC2(CC(=O)NC2=O)C1.CC(C)NC1CC(=O)N(C)C1.CC(C)NC1CCC(=O)NC1.CC(C)NC1CNC(=O)C1.CC(C)NCC1CCC(=O)C1. The zero-order valence-electron chi connectivity index (χ0n) is 69.3. The second-order valence-electron chi connectivity index (χ2n) is 34.1. The normalized spacial score (nSPS) is 26.0. The van der Waals surface area contributed by atoms with Crippen LogP contribution in [0.15, 0.2) is 12.3 Å². The van der Waals surface area contributed by atoms with Gasteiger partial charge < -0.3 is 57.2 Å². The third-order valence-corrected chi connectivity index (χ3v) is 21.5. The highest BCUT2D eigenvalue weighted by molar-refractivity contribution is 6.07. The number of Topliss-reactive ketones (excluding diaryl/α,β-unsaturated/α-hetero) is 2. The second-order valence-corrected chi connectivity index (χ2v) is 34.1. The van der Waals surface area contributed by atoms with Crippen LogP contribution in [0.3, 0.4) is 0 Å². The number of likely N-dealkylation sites (tertiary alicyclic amines) is 4. The Balaban J connectivity index is 0.000000405. The van der Waals surface area contributed by atoms with Crippen LogP contribution in [0.1, 0.15) is 235 Å². The molecule has 2 saturated carbocycles. The van der Waals surface area contributed by atoms with E-state index < -0.39 is 5.41 Å². The predicted octanol–water partition coefficient (Wildman–Crippen LogP) is 5.72. The number of allylic oxidation sites excluding steroid dienone is 1. The fourth-order valence-electron chi connectivity index (χ4n) is 14.4. The smallest absolute Gasteiger partial charge is 0.235 e. The van der Waals surface area contributed by atoms with Crippen LogP contribution in [-0.4, -0.2) is 273 Å². The highest BCUT2D eigenvalue weighted by Gasteiger charge is 2.55. The van der Waals surface area contributed by atoms with Gasteiger partial charge in [0.25, 0.3) is 0 Å². The van der Waals surface area contributed by atoms with E-state index in [4.69, 9.17) is 0 Å². The molecule has 9 saturated heterocycles. The zero-order chi connectivity index (χ0) is 79.2. The molecule has 0 aromatic carbocycles. The van der Waals surface area contributed by atoms with Gasteiger partial charge in [-0.2, -0.15) is 0 Å². The van der Waals surface area contributed by atoms with E-state index >= 15 is 0 Å². The first-order chi connectivity index (χ1) is 49.0. The van der Waals surface area contributed by atoms with Gasteiger partial charge in [-0.1, -0.05) is 83.2 Å². The standard InChI is InChI=1S/C10H16N2O2.C10H20N2.C10H19NO.C9H14N2O2.C9H17NO.3C8H16N2O.C7H14N2O.CH4/c1-7(2)12-4-3-10(6-12)5-8(13)11-9(10)14;1-8(2)11-7-10-6-5-9(3)12(10)4;1-8(2)11(3)7-9-4-5-10(12)6-9;1-6(2)11-4-9(5-11)3-7(12)10-8(9)13;1-7(2)10-6-8-3-4-9(11)5-8;1-6(2)9-7-4-8(11)10(3)5-7;1-6(2)10(3)7-4-8(11)9-5-7;1-6(2)10-7-3-4-8(11)9-5-7;1-5(2)9-6-3-7(10)8-4-6;/h7H,3-6H2,1-2H3,(H,11,13,14);8,10-11H,3,5-7H2,1-2,4H3;8-9H,4-7H2,1-3H3;6H,3-5H2,1-2H3,(H,10,12,13);7-8,10H,3-6H2,1-2H3;6-7,9H,4-5H2,1-3H3;6-7H,4-5H2,1-3H3,(H,9,11);6-7,10H,3-5H2,1-2H3,(H,9,11);5-6,9H,3-4H2,1-2H3,(H,8,10);1H4. The summed E-state index contributed by atoms with van der Waals surface area (Å²) in [7, 11) is 8.19. The van der Waals surface area contributed by atoms with E-state index in [1.807, 2.05) is 7.05 Å². The fourth-order valence-corrected chi connectivity index (χ4v) is 14.4. The number of carbonyl (C=O) groups is 10. The number of ketones is 2. The van der Waals surface area contributed by atoms with Crippen LogP contribution >= 0.6 is 0 Å². The average Bonchev–Trinajstić information content (AvgIpc) is 1.56. The van der Waals surface area contributed by atoms with Crippen LogP contribution in [-0.2, 0) is 47.9 Å². The molecule has 9 heterocycles. The molecule has 2 spiro atoms. The molecule has 26 heteroatoms. The summed E-state index contributed by atoms with van der Waals surface area (Å²) in [6.07, 6.45) is 13.1. The van der Waals surface area contributed by atoms with E-state index in [0.717, 1.165) is 123 Å². The maximum Gasteiger partial charge on any atom is 0.235 e. The number of likely N-dealkylation sites (N-methyl/N-ethyl adjacent to an activating group) is 3. The highest BCUT2D eigenvalue weighted by atomic mass is 16.2. The minimum Gasteiger partial charge on any atom is -0.374 e. The van der Waals surface area contributed by atoms with Gasteiger partial charge in [-0.3, -0.25) is 73.3 Å². The van der Waals surface area contributed by atoms with Crippen molar-refractivity contribution >= 4 is 58.8 Å². The molecular weight excluding hydrogens is 1340 g/mol. The lowest BCUT2D eigenvalue weighted by atomic mass is 9.77. The average molecular weight is 1500 g/mol. The Hall–Kier alpha value is -5.32. The van der Waals surface area contributed by atoms with E-state index in [1.54, 1.807) is 4.90 Å². The van der Waals surface area contributed by atoms with E-state index in [0.29, 0.717) is 147 Å². The molecule has 11 fully saturated rings. The minimum atomic E-state index is -0.401. The molecule has 11 aliphatic rings. The summed E-state index contributed by atoms with van der Waals surface area (Å²) in [6.45, 7) is 52.0. The van der Waals surface area contributed by atoms with E-state index in [1.165, 1.54) is 18.5 Å².